The van der Waals surface area contributed by atoms with Crippen LogP contribution in [-0.2, 0) is 11.3 Å². The van der Waals surface area contributed by atoms with E-state index in [0.29, 0.717) is 18.4 Å². The van der Waals surface area contributed by atoms with Gasteiger partial charge in [-0.15, -0.1) is 0 Å². The van der Waals surface area contributed by atoms with E-state index in [0.717, 1.165) is 24.9 Å². The third-order valence-corrected chi connectivity index (χ3v) is 5.08. The molecular formula is C22H31N2O+. The van der Waals surface area contributed by atoms with E-state index < -0.39 is 0 Å². The lowest BCUT2D eigenvalue weighted by Crippen LogP contribution is -2.39. The van der Waals surface area contributed by atoms with Crippen molar-refractivity contribution in [3.63, 3.8) is 0 Å². The number of hydrogen-bond acceptors (Lipinski definition) is 1. The summed E-state index contributed by atoms with van der Waals surface area (Å²) in [5.41, 5.74) is 3.51. The minimum Gasteiger partial charge on any atom is -0.321 e. The number of aromatic nitrogens is 1. The first-order chi connectivity index (χ1) is 12.1. The van der Waals surface area contributed by atoms with Gasteiger partial charge in [-0.1, -0.05) is 39.8 Å². The van der Waals surface area contributed by atoms with Gasteiger partial charge >= 0.3 is 0 Å². The van der Waals surface area contributed by atoms with Crippen molar-refractivity contribution in [2.45, 2.75) is 65.3 Å². The van der Waals surface area contributed by atoms with E-state index in [1.165, 1.54) is 11.1 Å². The number of amides is 1. The van der Waals surface area contributed by atoms with Crippen LogP contribution in [0.1, 0.15) is 69.9 Å². The van der Waals surface area contributed by atoms with Crippen LogP contribution in [0.2, 0.25) is 0 Å². The minimum atomic E-state index is -0.00317. The molecule has 25 heavy (non-hydrogen) atoms. The smallest absolute Gasteiger partial charge is 0.290 e. The first kappa shape index (κ1) is 19.2. The molecule has 3 nitrogen and oxygen atoms in total. The zero-order valence-corrected chi connectivity index (χ0v) is 16.0. The maximum absolute atomic E-state index is 12.3. The van der Waals surface area contributed by atoms with Crippen LogP contribution in [-0.4, -0.2) is 5.91 Å². The van der Waals surface area contributed by atoms with Crippen molar-refractivity contribution in [2.75, 3.05) is 5.32 Å². The number of pyridine rings is 1. The molecule has 0 aliphatic heterocycles. The molecule has 1 heterocycles. The van der Waals surface area contributed by atoms with E-state index >= 15 is 0 Å². The van der Waals surface area contributed by atoms with E-state index in [1.807, 2.05) is 29.1 Å². The predicted octanol–water partition coefficient (Wildman–Crippen LogP) is 5.03. The van der Waals surface area contributed by atoms with Gasteiger partial charge in [-0.3, -0.25) is 4.79 Å². The standard InChI is InChI=1S/C22H30N2O/c1-5-17(4)19-8-10-21(11-9-19)23-22(25)16-24-14-12-20(13-15-24)18(6-2)7-3/h8-15,17-18H,5-7,16H2,1-4H3/p+1/t17-/m1/s1. The largest absolute Gasteiger partial charge is 0.321 e. The van der Waals surface area contributed by atoms with Gasteiger partial charge in [0.25, 0.3) is 5.91 Å². The van der Waals surface area contributed by atoms with Crippen LogP contribution < -0.4 is 9.88 Å². The molecule has 0 saturated carbocycles. The Bertz CT molecular complexity index is 657. The summed E-state index contributed by atoms with van der Waals surface area (Å²) in [4.78, 5) is 12.3. The van der Waals surface area contributed by atoms with Crippen LogP contribution in [0.5, 0.6) is 0 Å². The zero-order chi connectivity index (χ0) is 18.2. The van der Waals surface area contributed by atoms with E-state index in [2.05, 4.69) is 57.3 Å². The third-order valence-electron chi connectivity index (χ3n) is 5.08. The summed E-state index contributed by atoms with van der Waals surface area (Å²) in [7, 11) is 0. The molecule has 2 rings (SSSR count). The average molecular weight is 340 g/mol. The Morgan fingerprint density at radius 1 is 0.920 bits per heavy atom. The first-order valence-electron chi connectivity index (χ1n) is 9.46. The first-order valence-corrected chi connectivity index (χ1v) is 9.46. The number of nitrogens with one attached hydrogen (secondary N) is 1. The average Bonchev–Trinajstić information content (AvgIpc) is 2.64. The van der Waals surface area contributed by atoms with Gasteiger partial charge in [0.2, 0.25) is 6.54 Å². The molecule has 3 heteroatoms. The fourth-order valence-corrected chi connectivity index (χ4v) is 3.10. The highest BCUT2D eigenvalue weighted by atomic mass is 16.1. The molecule has 1 aromatic heterocycles. The van der Waals surface area contributed by atoms with E-state index in [9.17, 15) is 4.79 Å². The maximum atomic E-state index is 12.3. The van der Waals surface area contributed by atoms with Gasteiger partial charge in [0.05, 0.1) is 0 Å². The third kappa shape index (κ3) is 5.42. The number of nitrogens with zero attached hydrogens (tertiary/aromatic N) is 1. The molecule has 0 radical (unpaired) electrons. The van der Waals surface area contributed by atoms with Crippen molar-refractivity contribution in [3.05, 3.63) is 59.9 Å². The molecule has 0 unspecified atom stereocenters. The van der Waals surface area contributed by atoms with Crippen molar-refractivity contribution in [1.29, 1.82) is 0 Å². The number of carbonyl (C=O) groups excluding carboxylic acids is 1. The summed E-state index contributed by atoms with van der Waals surface area (Å²) >= 11 is 0. The zero-order valence-electron chi connectivity index (χ0n) is 16.0. The number of anilines is 1. The van der Waals surface area contributed by atoms with Crippen LogP contribution in [0.4, 0.5) is 5.69 Å². The van der Waals surface area contributed by atoms with Crippen LogP contribution >= 0.6 is 0 Å². The Morgan fingerprint density at radius 3 is 2.04 bits per heavy atom. The highest BCUT2D eigenvalue weighted by Crippen LogP contribution is 2.21. The molecule has 1 amide bonds. The Hall–Kier alpha value is -2.16. The van der Waals surface area contributed by atoms with Crippen LogP contribution in [0.15, 0.2) is 48.8 Å². The highest BCUT2D eigenvalue weighted by molar-refractivity contribution is 5.89. The Labute approximate surface area is 152 Å². The van der Waals surface area contributed by atoms with Gasteiger partial charge in [0.1, 0.15) is 0 Å². The summed E-state index contributed by atoms with van der Waals surface area (Å²) in [6.45, 7) is 9.17. The molecule has 134 valence electrons. The number of rotatable bonds is 8. The molecule has 0 fully saturated rings. The molecule has 1 aromatic carbocycles. The number of carbonyl (C=O) groups is 1. The topological polar surface area (TPSA) is 33.0 Å². The summed E-state index contributed by atoms with van der Waals surface area (Å²) in [6, 6.07) is 12.4. The second-order valence-electron chi connectivity index (χ2n) is 6.80. The van der Waals surface area contributed by atoms with Crippen molar-refractivity contribution in [2.24, 2.45) is 0 Å². The lowest BCUT2D eigenvalue weighted by molar-refractivity contribution is -0.684. The van der Waals surface area contributed by atoms with Gasteiger partial charge in [-0.05, 0) is 54.4 Å². The van der Waals surface area contributed by atoms with Crippen molar-refractivity contribution >= 4 is 11.6 Å². The quantitative estimate of drug-likeness (QED) is 0.672. The van der Waals surface area contributed by atoms with Crippen molar-refractivity contribution in [1.82, 2.24) is 0 Å². The molecule has 2 aromatic rings. The molecular weight excluding hydrogens is 308 g/mol. The molecule has 1 atom stereocenters. The summed E-state index contributed by atoms with van der Waals surface area (Å²) < 4.78 is 1.93. The second-order valence-corrected chi connectivity index (χ2v) is 6.80. The summed E-state index contributed by atoms with van der Waals surface area (Å²) in [6.07, 6.45) is 7.41. The van der Waals surface area contributed by atoms with Gasteiger partial charge in [-0.2, -0.15) is 4.57 Å². The number of benzene rings is 1. The molecule has 0 saturated heterocycles. The molecule has 0 aliphatic rings. The summed E-state index contributed by atoms with van der Waals surface area (Å²) in [5, 5.41) is 2.97. The fourth-order valence-electron chi connectivity index (χ4n) is 3.10. The van der Waals surface area contributed by atoms with Gasteiger partial charge in [0.15, 0.2) is 12.4 Å². The lowest BCUT2D eigenvalue weighted by atomic mass is 9.95. The Balaban J connectivity index is 1.93. The normalized spacial score (nSPS) is 12.2. The summed E-state index contributed by atoms with van der Waals surface area (Å²) in [5.74, 6) is 1.15. The SMILES string of the molecule is CCC(CC)c1cc[n+](CC(=O)Nc2ccc([C@H](C)CC)cc2)cc1. The highest BCUT2D eigenvalue weighted by Gasteiger charge is 2.12. The predicted molar refractivity (Wildman–Crippen MR) is 104 cm³/mol. The van der Waals surface area contributed by atoms with E-state index in [1.54, 1.807) is 0 Å². The Kier molecular flexibility index (Phi) is 7.17. The minimum absolute atomic E-state index is 0.00317. The molecule has 1 N–H and O–H groups in total. The molecule has 0 spiro atoms. The number of hydrogen-bond donors (Lipinski definition) is 1. The van der Waals surface area contributed by atoms with Gasteiger partial charge in [-0.25, -0.2) is 0 Å². The lowest BCUT2D eigenvalue weighted by Gasteiger charge is -2.11. The van der Waals surface area contributed by atoms with Gasteiger partial charge < -0.3 is 5.32 Å². The van der Waals surface area contributed by atoms with Crippen LogP contribution in [0.25, 0.3) is 0 Å². The van der Waals surface area contributed by atoms with E-state index in [4.69, 9.17) is 0 Å². The molecule has 0 aliphatic carbocycles. The van der Waals surface area contributed by atoms with Crippen molar-refractivity contribution < 1.29 is 9.36 Å². The molecule has 0 bridgehead atoms. The Morgan fingerprint density at radius 2 is 1.52 bits per heavy atom. The van der Waals surface area contributed by atoms with Crippen LogP contribution in [0, 0.1) is 0 Å². The second kappa shape index (κ2) is 9.36. The van der Waals surface area contributed by atoms with Crippen molar-refractivity contribution in [3.8, 4) is 0 Å². The van der Waals surface area contributed by atoms with E-state index in [-0.39, 0.29) is 5.91 Å². The maximum Gasteiger partial charge on any atom is 0.290 e. The monoisotopic (exact) mass is 339 g/mol. The van der Waals surface area contributed by atoms with Gasteiger partial charge in [0, 0.05) is 17.8 Å². The van der Waals surface area contributed by atoms with Crippen LogP contribution in [0.3, 0.4) is 0 Å². The fraction of sp³-hybridized carbons (Fsp3) is 0.455.